The molecular formula is C28H36N6O4SSi. The Bertz CT molecular complexity index is 1730. The van der Waals surface area contributed by atoms with Crippen LogP contribution in [0.2, 0.25) is 25.2 Å². The van der Waals surface area contributed by atoms with Gasteiger partial charge >= 0.3 is 6.09 Å². The van der Waals surface area contributed by atoms with Gasteiger partial charge in [-0.2, -0.15) is 0 Å². The van der Waals surface area contributed by atoms with E-state index in [9.17, 15) is 13.2 Å². The number of nitrogens with zero attached hydrogens (tertiary/aromatic N) is 5. The third-order valence-corrected chi connectivity index (χ3v) is 12.7. The maximum absolute atomic E-state index is 13.5. The summed E-state index contributed by atoms with van der Waals surface area (Å²) >= 11 is 0. The summed E-state index contributed by atoms with van der Waals surface area (Å²) in [5.74, 6) is 1.59. The second-order valence-corrected chi connectivity index (χ2v) is 20.5. The van der Waals surface area contributed by atoms with Crippen LogP contribution in [0.4, 0.5) is 4.79 Å². The van der Waals surface area contributed by atoms with Gasteiger partial charge < -0.3 is 10.1 Å². The van der Waals surface area contributed by atoms with Crippen LogP contribution in [0.1, 0.15) is 44.5 Å². The Kier molecular flexibility index (Phi) is 5.98. The third-order valence-electron chi connectivity index (χ3n) is 8.24. The molecule has 0 saturated heterocycles. The van der Waals surface area contributed by atoms with Crippen molar-refractivity contribution in [3.05, 3.63) is 54.1 Å². The highest BCUT2D eigenvalue weighted by molar-refractivity contribution is 7.90. The van der Waals surface area contributed by atoms with E-state index in [0.717, 1.165) is 17.8 Å². The Labute approximate surface area is 235 Å². The normalized spacial score (nSPS) is 24.8. The van der Waals surface area contributed by atoms with Crippen molar-refractivity contribution in [2.75, 3.05) is 0 Å². The molecule has 212 valence electrons. The number of hydrogen-bond acceptors (Lipinski definition) is 7. The number of carbonyl (C=O) groups excluding carboxylic acids is 1. The molecule has 40 heavy (non-hydrogen) atoms. The number of aromatic nitrogens is 5. The fourth-order valence-corrected chi connectivity index (χ4v) is 11.1. The summed E-state index contributed by atoms with van der Waals surface area (Å²) in [6.07, 6.45) is 3.45. The SMILES string of the molecule is Cc1ccc(S(=O)(=O)n2ccc3c2ncc2nnc([C@H]4C[C@@H](NC(=O)OC(C)(C)C)[C@@H]5C([Si](C)(C)C)[C@H]54)n23)cc1. The van der Waals surface area contributed by atoms with Crippen molar-refractivity contribution in [3.63, 3.8) is 0 Å². The van der Waals surface area contributed by atoms with E-state index in [2.05, 4.69) is 40.1 Å². The molecule has 5 atom stereocenters. The molecule has 4 aromatic rings. The summed E-state index contributed by atoms with van der Waals surface area (Å²) in [7, 11) is -5.39. The van der Waals surface area contributed by atoms with Gasteiger partial charge in [0.2, 0.25) is 0 Å². The van der Waals surface area contributed by atoms with Crippen LogP contribution in [-0.4, -0.2) is 57.8 Å². The van der Waals surface area contributed by atoms with E-state index < -0.39 is 29.8 Å². The van der Waals surface area contributed by atoms with Crippen molar-refractivity contribution in [1.82, 2.24) is 28.9 Å². The van der Waals surface area contributed by atoms with E-state index >= 15 is 0 Å². The second kappa shape index (κ2) is 8.87. The summed E-state index contributed by atoms with van der Waals surface area (Å²) in [6.45, 7) is 14.6. The van der Waals surface area contributed by atoms with Crippen molar-refractivity contribution in [2.45, 2.75) is 81.8 Å². The Balaban J connectivity index is 1.40. The quantitative estimate of drug-likeness (QED) is 0.331. The summed E-state index contributed by atoms with van der Waals surface area (Å²) in [4.78, 5) is 17.4. The highest BCUT2D eigenvalue weighted by Crippen LogP contribution is 2.70. The number of rotatable bonds is 5. The van der Waals surface area contributed by atoms with E-state index in [0.29, 0.717) is 34.2 Å². The first-order valence-corrected chi connectivity index (χ1v) is 18.7. The van der Waals surface area contributed by atoms with Gasteiger partial charge in [-0.25, -0.2) is 22.2 Å². The second-order valence-electron chi connectivity index (χ2n) is 13.3. The van der Waals surface area contributed by atoms with E-state index in [1.54, 1.807) is 42.7 Å². The first kappa shape index (κ1) is 26.9. The molecule has 6 rings (SSSR count). The van der Waals surface area contributed by atoms with E-state index in [1.807, 2.05) is 32.1 Å². The minimum absolute atomic E-state index is 0.0160. The number of alkyl carbamates (subject to hydrolysis) is 1. The lowest BCUT2D eigenvalue weighted by Gasteiger charge is -2.27. The minimum atomic E-state index is -3.85. The van der Waals surface area contributed by atoms with Gasteiger partial charge in [-0.05, 0) is 69.7 Å². The zero-order valence-electron chi connectivity index (χ0n) is 23.9. The van der Waals surface area contributed by atoms with Crippen LogP contribution in [-0.2, 0) is 14.8 Å². The third kappa shape index (κ3) is 4.41. The lowest BCUT2D eigenvalue weighted by Crippen LogP contribution is -2.41. The molecule has 1 unspecified atom stereocenters. The molecule has 2 aliphatic rings. The number of nitrogens with one attached hydrogen (secondary N) is 1. The molecule has 0 aliphatic heterocycles. The predicted molar refractivity (Wildman–Crippen MR) is 155 cm³/mol. The van der Waals surface area contributed by atoms with Gasteiger partial charge in [0.15, 0.2) is 11.3 Å². The molecule has 3 aromatic heterocycles. The predicted octanol–water partition coefficient (Wildman–Crippen LogP) is 4.96. The molecule has 2 saturated carbocycles. The maximum Gasteiger partial charge on any atom is 0.407 e. The first-order valence-electron chi connectivity index (χ1n) is 13.7. The summed E-state index contributed by atoms with van der Waals surface area (Å²) in [6, 6.07) is 8.53. The van der Waals surface area contributed by atoms with Gasteiger partial charge in [0.25, 0.3) is 10.0 Å². The molecule has 3 heterocycles. The smallest absolute Gasteiger partial charge is 0.407 e. The molecule has 10 nitrogen and oxygen atoms in total. The minimum Gasteiger partial charge on any atom is -0.444 e. The summed E-state index contributed by atoms with van der Waals surface area (Å²) in [5, 5.41) is 12.2. The highest BCUT2D eigenvalue weighted by Gasteiger charge is 2.67. The van der Waals surface area contributed by atoms with Gasteiger partial charge in [-0.1, -0.05) is 37.3 Å². The average molecular weight is 581 g/mol. The fraction of sp³-hybridized carbons (Fsp3) is 0.500. The number of carbonyl (C=O) groups is 1. The number of aryl methyl sites for hydroxylation is 1. The molecule has 0 bridgehead atoms. The fourth-order valence-electron chi connectivity index (χ4n) is 6.74. The van der Waals surface area contributed by atoms with Gasteiger partial charge in [0.05, 0.1) is 16.6 Å². The molecule has 12 heteroatoms. The van der Waals surface area contributed by atoms with Crippen molar-refractivity contribution in [3.8, 4) is 0 Å². The average Bonchev–Trinajstić information content (AvgIpc) is 3.10. The van der Waals surface area contributed by atoms with Crippen molar-refractivity contribution >= 4 is 41.0 Å². The molecular weight excluding hydrogens is 544 g/mol. The van der Waals surface area contributed by atoms with Crippen LogP contribution in [0.25, 0.3) is 16.8 Å². The van der Waals surface area contributed by atoms with Crippen LogP contribution < -0.4 is 5.32 Å². The van der Waals surface area contributed by atoms with Crippen LogP contribution in [0.3, 0.4) is 0 Å². The largest absolute Gasteiger partial charge is 0.444 e. The Morgan fingerprint density at radius 3 is 2.42 bits per heavy atom. The number of benzene rings is 1. The number of amides is 1. The number of fused-ring (bicyclic) bond motifs is 4. The Morgan fingerprint density at radius 2 is 1.77 bits per heavy atom. The van der Waals surface area contributed by atoms with Crippen LogP contribution >= 0.6 is 0 Å². The molecule has 1 aromatic carbocycles. The van der Waals surface area contributed by atoms with Crippen LogP contribution in [0.15, 0.2) is 47.6 Å². The molecule has 0 spiro atoms. The molecule has 1 N–H and O–H groups in total. The van der Waals surface area contributed by atoms with Crippen molar-refractivity contribution in [2.24, 2.45) is 11.8 Å². The maximum atomic E-state index is 13.5. The first-order chi connectivity index (χ1) is 18.7. The summed E-state index contributed by atoms with van der Waals surface area (Å²) < 4.78 is 35.8. The van der Waals surface area contributed by atoms with Gasteiger partial charge in [-0.3, -0.25) is 4.40 Å². The van der Waals surface area contributed by atoms with Gasteiger partial charge in [-0.15, -0.1) is 10.2 Å². The Morgan fingerprint density at radius 1 is 1.07 bits per heavy atom. The lowest BCUT2D eigenvalue weighted by molar-refractivity contribution is 0.0499. The molecule has 1 amide bonds. The Hall–Kier alpha value is -3.25. The van der Waals surface area contributed by atoms with Crippen molar-refractivity contribution in [1.29, 1.82) is 0 Å². The molecule has 2 fully saturated rings. The summed E-state index contributed by atoms with van der Waals surface area (Å²) in [5.41, 5.74) is 2.47. The van der Waals surface area contributed by atoms with Gasteiger partial charge in [0, 0.05) is 26.2 Å². The van der Waals surface area contributed by atoms with Crippen LogP contribution in [0, 0.1) is 18.8 Å². The monoisotopic (exact) mass is 580 g/mol. The molecule has 2 aliphatic carbocycles. The van der Waals surface area contributed by atoms with Crippen molar-refractivity contribution < 1.29 is 17.9 Å². The highest BCUT2D eigenvalue weighted by atomic mass is 32.2. The zero-order valence-corrected chi connectivity index (χ0v) is 25.7. The van der Waals surface area contributed by atoms with E-state index in [4.69, 9.17) is 4.74 Å². The van der Waals surface area contributed by atoms with Gasteiger partial charge in [0.1, 0.15) is 11.4 Å². The molecule has 0 radical (unpaired) electrons. The van der Waals surface area contributed by atoms with Crippen LogP contribution in [0.5, 0.6) is 0 Å². The number of ether oxygens (including phenoxy) is 1. The van der Waals surface area contributed by atoms with E-state index in [-0.39, 0.29) is 16.9 Å². The zero-order chi connectivity index (χ0) is 28.8. The number of hydrogen-bond donors (Lipinski definition) is 1. The standard InChI is InChI=1S/C28H36N6O4SSi/c1-16-8-10-17(11-9-16)39(36,37)33-13-12-20-26(33)29-15-21-31-32-25(34(20)21)18-14-19(30-27(35)38-28(2,3)4)23-22(18)24(23)40(5,6)7/h8-13,15,18-19,22-24H,14H2,1-7H3,(H,30,35)/t18-,19+,22-,23-,24?/m0/s1. The topological polar surface area (TPSA) is 120 Å². The lowest BCUT2D eigenvalue weighted by atomic mass is 10.0. The van der Waals surface area contributed by atoms with E-state index in [1.165, 1.54) is 3.97 Å².